The van der Waals surface area contributed by atoms with Crippen molar-refractivity contribution in [2.24, 2.45) is 0 Å². The van der Waals surface area contributed by atoms with Crippen molar-refractivity contribution in [1.82, 2.24) is 0 Å². The highest BCUT2D eigenvalue weighted by molar-refractivity contribution is 9.11. The zero-order valence-corrected chi connectivity index (χ0v) is 12.5. The molecule has 0 aromatic heterocycles. The number of rotatable bonds is 3. The molecule has 1 aliphatic rings. The van der Waals surface area contributed by atoms with E-state index in [2.05, 4.69) is 31.9 Å². The Morgan fingerprint density at radius 3 is 2.35 bits per heavy atom. The van der Waals surface area contributed by atoms with Crippen LogP contribution in [-0.2, 0) is 11.3 Å². The third kappa shape index (κ3) is 3.44. The molecular formula is C12H14Br2O3. The highest BCUT2D eigenvalue weighted by Gasteiger charge is 2.18. The predicted octanol–water partition coefficient (Wildman–Crippen LogP) is 3.26. The standard InChI is InChI=1S/C12H14Br2O3/c13-10-5-8(7-15)6-11(14)12(10)17-9-1-3-16-4-2-9/h5-6,9,15H,1-4,7H2. The predicted molar refractivity (Wildman–Crippen MR) is 72.2 cm³/mol. The first-order chi connectivity index (χ1) is 8.20. The molecule has 0 atom stereocenters. The topological polar surface area (TPSA) is 38.7 Å². The molecular weight excluding hydrogens is 352 g/mol. The van der Waals surface area contributed by atoms with Gasteiger partial charge in [-0.1, -0.05) is 0 Å². The van der Waals surface area contributed by atoms with Crippen LogP contribution >= 0.6 is 31.9 Å². The monoisotopic (exact) mass is 364 g/mol. The van der Waals surface area contributed by atoms with E-state index in [1.165, 1.54) is 0 Å². The smallest absolute Gasteiger partial charge is 0.148 e. The summed E-state index contributed by atoms with van der Waals surface area (Å²) in [5, 5.41) is 9.10. The van der Waals surface area contributed by atoms with E-state index in [4.69, 9.17) is 14.6 Å². The maximum Gasteiger partial charge on any atom is 0.148 e. The Hall–Kier alpha value is -0.100. The number of aliphatic hydroxyl groups is 1. The third-order valence-corrected chi connectivity index (χ3v) is 3.87. The molecule has 1 aliphatic heterocycles. The minimum Gasteiger partial charge on any atom is -0.488 e. The Bertz CT molecular complexity index is 366. The molecule has 1 N–H and O–H groups in total. The van der Waals surface area contributed by atoms with Crippen LogP contribution in [-0.4, -0.2) is 24.4 Å². The van der Waals surface area contributed by atoms with Gasteiger partial charge in [-0.15, -0.1) is 0 Å². The van der Waals surface area contributed by atoms with Crippen LogP contribution in [0.1, 0.15) is 18.4 Å². The van der Waals surface area contributed by atoms with Gasteiger partial charge in [0.25, 0.3) is 0 Å². The maximum atomic E-state index is 9.10. The molecule has 0 saturated carbocycles. The second-order valence-electron chi connectivity index (χ2n) is 3.98. The minimum absolute atomic E-state index is 0.0226. The summed E-state index contributed by atoms with van der Waals surface area (Å²) in [7, 11) is 0. The number of benzene rings is 1. The van der Waals surface area contributed by atoms with Crippen molar-refractivity contribution >= 4 is 31.9 Å². The van der Waals surface area contributed by atoms with Gasteiger partial charge in [0.2, 0.25) is 0 Å². The van der Waals surface area contributed by atoms with Crippen LogP contribution < -0.4 is 4.74 Å². The Morgan fingerprint density at radius 1 is 1.24 bits per heavy atom. The van der Waals surface area contributed by atoms with Gasteiger partial charge in [-0.05, 0) is 49.6 Å². The van der Waals surface area contributed by atoms with Crippen molar-refractivity contribution in [2.45, 2.75) is 25.6 Å². The van der Waals surface area contributed by atoms with E-state index in [0.717, 1.165) is 46.3 Å². The molecule has 94 valence electrons. The largest absolute Gasteiger partial charge is 0.488 e. The molecule has 1 aromatic carbocycles. The first-order valence-corrected chi connectivity index (χ1v) is 7.12. The lowest BCUT2D eigenvalue weighted by Gasteiger charge is -2.24. The molecule has 17 heavy (non-hydrogen) atoms. The summed E-state index contributed by atoms with van der Waals surface area (Å²) in [6.07, 6.45) is 2.04. The van der Waals surface area contributed by atoms with Gasteiger partial charge >= 0.3 is 0 Å². The third-order valence-electron chi connectivity index (χ3n) is 2.69. The molecule has 3 nitrogen and oxygen atoms in total. The summed E-state index contributed by atoms with van der Waals surface area (Å²) in [4.78, 5) is 0. The molecule has 2 rings (SSSR count). The van der Waals surface area contributed by atoms with Crippen LogP contribution in [0.15, 0.2) is 21.1 Å². The van der Waals surface area contributed by atoms with Gasteiger partial charge in [0, 0.05) is 12.8 Å². The molecule has 5 heteroatoms. The number of hydrogen-bond donors (Lipinski definition) is 1. The SMILES string of the molecule is OCc1cc(Br)c(OC2CCOCC2)c(Br)c1. The zero-order valence-electron chi connectivity index (χ0n) is 9.29. The van der Waals surface area contributed by atoms with Gasteiger partial charge < -0.3 is 14.6 Å². The summed E-state index contributed by atoms with van der Waals surface area (Å²) < 4.78 is 13.0. The fraction of sp³-hybridized carbons (Fsp3) is 0.500. The second kappa shape index (κ2) is 6.18. The van der Waals surface area contributed by atoms with Crippen molar-refractivity contribution in [1.29, 1.82) is 0 Å². The quantitative estimate of drug-likeness (QED) is 0.893. The first-order valence-electron chi connectivity index (χ1n) is 5.54. The van der Waals surface area contributed by atoms with E-state index in [-0.39, 0.29) is 12.7 Å². The zero-order chi connectivity index (χ0) is 12.3. The van der Waals surface area contributed by atoms with Crippen LogP contribution in [0.25, 0.3) is 0 Å². The molecule has 1 saturated heterocycles. The van der Waals surface area contributed by atoms with Gasteiger partial charge in [0.15, 0.2) is 0 Å². The Kier molecular flexibility index (Phi) is 4.85. The molecule has 0 radical (unpaired) electrons. The van der Waals surface area contributed by atoms with Gasteiger partial charge in [-0.25, -0.2) is 0 Å². The number of hydrogen-bond acceptors (Lipinski definition) is 3. The average molecular weight is 366 g/mol. The van der Waals surface area contributed by atoms with Crippen LogP contribution in [0.5, 0.6) is 5.75 Å². The molecule has 0 unspecified atom stereocenters. The fourth-order valence-electron chi connectivity index (χ4n) is 1.78. The Morgan fingerprint density at radius 2 is 1.82 bits per heavy atom. The fourth-order valence-corrected chi connectivity index (χ4v) is 3.24. The molecule has 0 amide bonds. The van der Waals surface area contributed by atoms with E-state index in [1.54, 1.807) is 0 Å². The Balaban J connectivity index is 2.14. The number of aliphatic hydroxyl groups excluding tert-OH is 1. The van der Waals surface area contributed by atoms with E-state index >= 15 is 0 Å². The molecule has 0 aliphatic carbocycles. The van der Waals surface area contributed by atoms with Crippen molar-refractivity contribution in [2.75, 3.05) is 13.2 Å². The summed E-state index contributed by atoms with van der Waals surface area (Å²) in [5.41, 5.74) is 0.850. The van der Waals surface area contributed by atoms with Crippen molar-refractivity contribution < 1.29 is 14.6 Å². The van der Waals surface area contributed by atoms with Crippen LogP contribution in [0, 0.1) is 0 Å². The normalized spacial score (nSPS) is 17.1. The van der Waals surface area contributed by atoms with E-state index in [1.807, 2.05) is 12.1 Å². The van der Waals surface area contributed by atoms with Crippen molar-refractivity contribution in [3.63, 3.8) is 0 Å². The van der Waals surface area contributed by atoms with Crippen molar-refractivity contribution in [3.8, 4) is 5.75 Å². The van der Waals surface area contributed by atoms with Gasteiger partial charge in [-0.3, -0.25) is 0 Å². The minimum atomic E-state index is 0.0226. The summed E-state index contributed by atoms with van der Waals surface area (Å²) in [5.74, 6) is 0.800. The number of ether oxygens (including phenoxy) is 2. The summed E-state index contributed by atoms with van der Waals surface area (Å²) in [6, 6.07) is 3.75. The second-order valence-corrected chi connectivity index (χ2v) is 5.68. The molecule has 1 heterocycles. The van der Waals surface area contributed by atoms with Crippen molar-refractivity contribution in [3.05, 3.63) is 26.6 Å². The van der Waals surface area contributed by atoms with Crippen LogP contribution in [0.4, 0.5) is 0 Å². The maximum absolute atomic E-state index is 9.10. The van der Waals surface area contributed by atoms with Gasteiger partial charge in [0.05, 0.1) is 28.8 Å². The van der Waals surface area contributed by atoms with E-state index < -0.39 is 0 Å². The summed E-state index contributed by atoms with van der Waals surface area (Å²) in [6.45, 7) is 1.54. The molecule has 0 spiro atoms. The van der Waals surface area contributed by atoms with E-state index in [0.29, 0.717) is 0 Å². The van der Waals surface area contributed by atoms with Gasteiger partial charge in [0.1, 0.15) is 11.9 Å². The highest BCUT2D eigenvalue weighted by atomic mass is 79.9. The summed E-state index contributed by atoms with van der Waals surface area (Å²) >= 11 is 6.94. The molecule has 1 fully saturated rings. The van der Waals surface area contributed by atoms with Crippen LogP contribution in [0.3, 0.4) is 0 Å². The first kappa shape index (κ1) is 13.3. The lowest BCUT2D eigenvalue weighted by Crippen LogP contribution is -2.26. The lowest BCUT2D eigenvalue weighted by atomic mass is 10.1. The highest BCUT2D eigenvalue weighted by Crippen LogP contribution is 2.36. The lowest BCUT2D eigenvalue weighted by molar-refractivity contribution is 0.0249. The van der Waals surface area contributed by atoms with Gasteiger partial charge in [-0.2, -0.15) is 0 Å². The van der Waals surface area contributed by atoms with E-state index in [9.17, 15) is 0 Å². The van der Waals surface area contributed by atoms with Crippen LogP contribution in [0.2, 0.25) is 0 Å². The average Bonchev–Trinajstić information content (AvgIpc) is 2.35. The number of halogens is 2. The molecule has 1 aromatic rings. The Labute approximate surface area is 117 Å². The molecule has 0 bridgehead atoms.